The summed E-state index contributed by atoms with van der Waals surface area (Å²) in [4.78, 5) is 23.9. The number of hydrogen-bond donors (Lipinski definition) is 2. The minimum absolute atomic E-state index is 0.261. The molecule has 0 radical (unpaired) electrons. The van der Waals surface area contributed by atoms with Crippen molar-refractivity contribution >= 4 is 23.4 Å². The maximum absolute atomic E-state index is 12.0. The zero-order chi connectivity index (χ0) is 18.7. The molecular formula is C19H19ClN2O4. The summed E-state index contributed by atoms with van der Waals surface area (Å²) in [6, 6.07) is 12.1. The molecule has 26 heavy (non-hydrogen) atoms. The Morgan fingerprint density at radius 2 is 1.92 bits per heavy atom. The fourth-order valence-corrected chi connectivity index (χ4v) is 2.94. The van der Waals surface area contributed by atoms with Gasteiger partial charge in [0, 0.05) is 12.0 Å². The molecular weight excluding hydrogens is 356 g/mol. The van der Waals surface area contributed by atoms with E-state index in [1.165, 1.54) is 0 Å². The number of hydrogen-bond acceptors (Lipinski definition) is 4. The van der Waals surface area contributed by atoms with Crippen LogP contribution in [0.3, 0.4) is 0 Å². The third-order valence-electron chi connectivity index (χ3n) is 3.85. The molecule has 1 aliphatic rings. The maximum Gasteiger partial charge on any atom is 0.276 e. The number of nitrogens with one attached hydrogen (secondary N) is 2. The second-order valence-electron chi connectivity index (χ2n) is 6.55. The Hall–Kier alpha value is -2.73. The highest BCUT2D eigenvalue weighted by atomic mass is 35.5. The highest BCUT2D eigenvalue weighted by Gasteiger charge is 2.32. The van der Waals surface area contributed by atoms with Crippen molar-refractivity contribution in [1.82, 2.24) is 10.9 Å². The molecule has 1 aliphatic heterocycles. The van der Waals surface area contributed by atoms with Gasteiger partial charge in [0.25, 0.3) is 11.8 Å². The molecule has 0 saturated heterocycles. The standard InChI is InChI=1S/C19H19ClN2O4/c1-19(2)10-12-6-5-9-15(17(12)26-19)25-11-16(23)21-22-18(24)13-7-3-4-8-14(13)20/h3-9H,10-11H2,1-2H3,(H,21,23)(H,22,24). The van der Waals surface area contributed by atoms with Crippen LogP contribution in [0.25, 0.3) is 0 Å². The topological polar surface area (TPSA) is 76.7 Å². The summed E-state index contributed by atoms with van der Waals surface area (Å²) in [5.74, 6) is 0.154. The molecule has 136 valence electrons. The summed E-state index contributed by atoms with van der Waals surface area (Å²) in [6.45, 7) is 3.73. The Morgan fingerprint density at radius 3 is 2.69 bits per heavy atom. The lowest BCUT2D eigenvalue weighted by Crippen LogP contribution is -2.43. The largest absolute Gasteiger partial charge is 0.483 e. The molecule has 0 saturated carbocycles. The smallest absolute Gasteiger partial charge is 0.276 e. The molecule has 2 aromatic carbocycles. The van der Waals surface area contributed by atoms with E-state index in [0.29, 0.717) is 16.5 Å². The molecule has 6 nitrogen and oxygen atoms in total. The number of para-hydroxylation sites is 1. The normalized spacial score (nSPS) is 14.1. The van der Waals surface area contributed by atoms with Gasteiger partial charge in [-0.15, -0.1) is 0 Å². The second-order valence-corrected chi connectivity index (χ2v) is 6.96. The maximum atomic E-state index is 12.0. The number of fused-ring (bicyclic) bond motifs is 1. The predicted molar refractivity (Wildman–Crippen MR) is 97.4 cm³/mol. The minimum atomic E-state index is -0.505. The van der Waals surface area contributed by atoms with E-state index in [4.69, 9.17) is 21.1 Å². The van der Waals surface area contributed by atoms with Crippen LogP contribution in [0, 0.1) is 0 Å². The average molecular weight is 375 g/mol. The van der Waals surface area contributed by atoms with E-state index in [1.807, 2.05) is 26.0 Å². The first-order chi connectivity index (χ1) is 12.4. The van der Waals surface area contributed by atoms with Crippen LogP contribution in [0.5, 0.6) is 11.5 Å². The molecule has 0 aliphatic carbocycles. The Balaban J connectivity index is 1.54. The highest BCUT2D eigenvalue weighted by Crippen LogP contribution is 2.41. The van der Waals surface area contributed by atoms with Gasteiger partial charge in [-0.1, -0.05) is 35.9 Å². The van der Waals surface area contributed by atoms with E-state index in [9.17, 15) is 9.59 Å². The second kappa shape index (κ2) is 7.25. The third-order valence-corrected chi connectivity index (χ3v) is 4.18. The number of ether oxygens (including phenoxy) is 2. The van der Waals surface area contributed by atoms with Crippen LogP contribution in [0.15, 0.2) is 42.5 Å². The van der Waals surface area contributed by atoms with Crippen molar-refractivity contribution in [2.75, 3.05) is 6.61 Å². The van der Waals surface area contributed by atoms with Crippen molar-refractivity contribution in [3.63, 3.8) is 0 Å². The molecule has 2 aromatic rings. The molecule has 0 fully saturated rings. The summed E-state index contributed by atoms with van der Waals surface area (Å²) in [7, 11) is 0. The van der Waals surface area contributed by atoms with Gasteiger partial charge in [-0.3, -0.25) is 20.4 Å². The Morgan fingerprint density at radius 1 is 1.15 bits per heavy atom. The molecule has 2 amide bonds. The van der Waals surface area contributed by atoms with E-state index in [1.54, 1.807) is 30.3 Å². The van der Waals surface area contributed by atoms with Crippen LogP contribution in [0.1, 0.15) is 29.8 Å². The lowest BCUT2D eigenvalue weighted by molar-refractivity contribution is -0.123. The van der Waals surface area contributed by atoms with E-state index < -0.39 is 11.8 Å². The van der Waals surface area contributed by atoms with E-state index >= 15 is 0 Å². The molecule has 0 aromatic heterocycles. The van der Waals surface area contributed by atoms with Crippen molar-refractivity contribution in [2.24, 2.45) is 0 Å². The van der Waals surface area contributed by atoms with Crippen molar-refractivity contribution in [3.05, 3.63) is 58.6 Å². The lowest BCUT2D eigenvalue weighted by atomic mass is 10.0. The van der Waals surface area contributed by atoms with E-state index in [-0.39, 0.29) is 17.8 Å². The molecule has 0 bridgehead atoms. The summed E-state index contributed by atoms with van der Waals surface area (Å²) < 4.78 is 11.4. The molecule has 1 heterocycles. The van der Waals surface area contributed by atoms with Gasteiger partial charge in [0.2, 0.25) is 0 Å². The summed E-state index contributed by atoms with van der Waals surface area (Å²) in [5.41, 5.74) is 5.62. The monoisotopic (exact) mass is 374 g/mol. The van der Waals surface area contributed by atoms with Crippen molar-refractivity contribution in [2.45, 2.75) is 25.9 Å². The number of hydrazine groups is 1. The van der Waals surface area contributed by atoms with Gasteiger partial charge < -0.3 is 9.47 Å². The first-order valence-electron chi connectivity index (χ1n) is 8.13. The van der Waals surface area contributed by atoms with Crippen LogP contribution in [-0.4, -0.2) is 24.0 Å². The van der Waals surface area contributed by atoms with Crippen LogP contribution >= 0.6 is 11.6 Å². The number of rotatable bonds is 4. The first-order valence-corrected chi connectivity index (χ1v) is 8.51. The van der Waals surface area contributed by atoms with Crippen molar-refractivity contribution in [3.8, 4) is 11.5 Å². The van der Waals surface area contributed by atoms with Crippen LogP contribution in [0.2, 0.25) is 5.02 Å². The van der Waals surface area contributed by atoms with Crippen LogP contribution in [-0.2, 0) is 11.2 Å². The number of carbonyl (C=O) groups excluding carboxylic acids is 2. The zero-order valence-electron chi connectivity index (χ0n) is 14.5. The third kappa shape index (κ3) is 4.08. The first kappa shape index (κ1) is 18.1. The lowest BCUT2D eigenvalue weighted by Gasteiger charge is -2.18. The van der Waals surface area contributed by atoms with E-state index in [0.717, 1.165) is 12.0 Å². The number of amides is 2. The van der Waals surface area contributed by atoms with E-state index in [2.05, 4.69) is 10.9 Å². The SMILES string of the molecule is CC1(C)Cc2cccc(OCC(=O)NNC(=O)c3ccccc3Cl)c2O1. The Bertz CT molecular complexity index is 851. The number of carbonyl (C=O) groups is 2. The molecule has 0 atom stereocenters. The average Bonchev–Trinajstić information content (AvgIpc) is 2.92. The number of halogens is 1. The summed E-state index contributed by atoms with van der Waals surface area (Å²) in [5, 5.41) is 0.301. The fourth-order valence-electron chi connectivity index (χ4n) is 2.72. The Kier molecular flexibility index (Phi) is 5.04. The summed E-state index contributed by atoms with van der Waals surface area (Å²) in [6.07, 6.45) is 0.777. The highest BCUT2D eigenvalue weighted by molar-refractivity contribution is 6.33. The predicted octanol–water partition coefficient (Wildman–Crippen LogP) is 2.89. The molecule has 2 N–H and O–H groups in total. The molecule has 0 unspecified atom stereocenters. The Labute approximate surface area is 156 Å². The van der Waals surface area contributed by atoms with Crippen molar-refractivity contribution in [1.29, 1.82) is 0 Å². The molecule has 3 rings (SSSR count). The van der Waals surface area contributed by atoms with Gasteiger partial charge in [0.15, 0.2) is 18.1 Å². The fraction of sp³-hybridized carbons (Fsp3) is 0.263. The number of benzene rings is 2. The minimum Gasteiger partial charge on any atom is -0.483 e. The van der Waals surface area contributed by atoms with Gasteiger partial charge in [-0.25, -0.2) is 0 Å². The quantitative estimate of drug-likeness (QED) is 0.807. The van der Waals surface area contributed by atoms with Gasteiger partial charge >= 0.3 is 0 Å². The zero-order valence-corrected chi connectivity index (χ0v) is 15.2. The molecule has 0 spiro atoms. The van der Waals surface area contributed by atoms with Gasteiger partial charge in [0.1, 0.15) is 5.60 Å². The van der Waals surface area contributed by atoms with Crippen molar-refractivity contribution < 1.29 is 19.1 Å². The van der Waals surface area contributed by atoms with Gasteiger partial charge in [0.05, 0.1) is 10.6 Å². The molecule has 7 heteroatoms. The summed E-state index contributed by atoms with van der Waals surface area (Å²) >= 11 is 5.94. The van der Waals surface area contributed by atoms with Crippen LogP contribution in [0.4, 0.5) is 0 Å². The van der Waals surface area contributed by atoms with Gasteiger partial charge in [-0.2, -0.15) is 0 Å². The van der Waals surface area contributed by atoms with Crippen LogP contribution < -0.4 is 20.3 Å². The van der Waals surface area contributed by atoms with Gasteiger partial charge in [-0.05, 0) is 32.0 Å².